The number of nitriles is 1. The molecule has 0 aromatic carbocycles. The van der Waals surface area contributed by atoms with Gasteiger partial charge in [-0.15, -0.1) is 0 Å². The Balaban J connectivity index is 1.69. The highest BCUT2D eigenvalue weighted by Crippen LogP contribution is 2.42. The van der Waals surface area contributed by atoms with Crippen LogP contribution in [0.2, 0.25) is 0 Å². The van der Waals surface area contributed by atoms with Gasteiger partial charge in [0.25, 0.3) is 0 Å². The predicted molar refractivity (Wildman–Crippen MR) is 84.1 cm³/mol. The van der Waals surface area contributed by atoms with Crippen molar-refractivity contribution in [3.63, 3.8) is 0 Å². The van der Waals surface area contributed by atoms with E-state index in [9.17, 15) is 10.1 Å². The van der Waals surface area contributed by atoms with Crippen molar-refractivity contribution in [1.29, 1.82) is 5.26 Å². The van der Waals surface area contributed by atoms with Crippen LogP contribution < -0.4 is 4.90 Å². The van der Waals surface area contributed by atoms with Crippen molar-refractivity contribution in [3.8, 4) is 6.07 Å². The summed E-state index contributed by atoms with van der Waals surface area (Å²) in [7, 11) is 1.85. The Labute approximate surface area is 131 Å². The number of rotatable bonds is 3. The van der Waals surface area contributed by atoms with Crippen LogP contribution >= 0.6 is 0 Å². The molecule has 1 unspecified atom stereocenters. The average Bonchev–Trinajstić information content (AvgIpc) is 2.54. The van der Waals surface area contributed by atoms with E-state index in [2.05, 4.69) is 16.0 Å². The Morgan fingerprint density at radius 3 is 2.86 bits per heavy atom. The highest BCUT2D eigenvalue weighted by molar-refractivity contribution is 5.86. The highest BCUT2D eigenvalue weighted by atomic mass is 16.2. The van der Waals surface area contributed by atoms with E-state index in [4.69, 9.17) is 0 Å². The fourth-order valence-corrected chi connectivity index (χ4v) is 3.43. The second-order valence-corrected chi connectivity index (χ2v) is 6.39. The van der Waals surface area contributed by atoms with Gasteiger partial charge in [0.05, 0.1) is 6.07 Å². The molecule has 0 spiro atoms. The van der Waals surface area contributed by atoms with Gasteiger partial charge in [-0.3, -0.25) is 4.79 Å². The number of aromatic nitrogens is 1. The fourth-order valence-electron chi connectivity index (χ4n) is 3.43. The van der Waals surface area contributed by atoms with Crippen molar-refractivity contribution in [1.82, 2.24) is 9.88 Å². The maximum atomic E-state index is 12.7. The number of nitrogens with zero attached hydrogens (tertiary/aromatic N) is 4. The Kier molecular flexibility index (Phi) is 4.02. The minimum absolute atomic E-state index is 0.00845. The molecule has 1 saturated carbocycles. The maximum absolute atomic E-state index is 12.7. The lowest BCUT2D eigenvalue weighted by Crippen LogP contribution is -2.54. The molecule has 1 saturated heterocycles. The van der Waals surface area contributed by atoms with Gasteiger partial charge in [-0.1, -0.05) is 6.07 Å². The lowest BCUT2D eigenvalue weighted by Gasteiger charge is -2.43. The zero-order chi connectivity index (χ0) is 15.6. The third-order valence-corrected chi connectivity index (χ3v) is 5.07. The van der Waals surface area contributed by atoms with Gasteiger partial charge in [0.2, 0.25) is 5.91 Å². The van der Waals surface area contributed by atoms with E-state index in [-0.39, 0.29) is 11.9 Å². The number of pyridine rings is 1. The number of anilines is 1. The molecule has 3 rings (SSSR count). The van der Waals surface area contributed by atoms with Crippen molar-refractivity contribution in [2.75, 3.05) is 25.0 Å². The van der Waals surface area contributed by atoms with Gasteiger partial charge in [-0.05, 0) is 44.2 Å². The van der Waals surface area contributed by atoms with Crippen LogP contribution in [-0.4, -0.2) is 42.0 Å². The molecule has 2 heterocycles. The van der Waals surface area contributed by atoms with Gasteiger partial charge in [-0.25, -0.2) is 4.98 Å². The lowest BCUT2D eigenvalue weighted by atomic mass is 9.69. The predicted octanol–water partition coefficient (Wildman–Crippen LogP) is 2.20. The van der Waals surface area contributed by atoms with Gasteiger partial charge in [0, 0.05) is 32.4 Å². The van der Waals surface area contributed by atoms with Gasteiger partial charge in [0.15, 0.2) is 0 Å². The summed E-state index contributed by atoms with van der Waals surface area (Å²) in [6, 6.07) is 8.32. The molecule has 2 aliphatic rings. The largest absolute Gasteiger partial charge is 0.355 e. The van der Waals surface area contributed by atoms with E-state index < -0.39 is 5.41 Å². The summed E-state index contributed by atoms with van der Waals surface area (Å²) < 4.78 is 0. The minimum Gasteiger partial charge on any atom is -0.355 e. The first kappa shape index (κ1) is 14.8. The van der Waals surface area contributed by atoms with Gasteiger partial charge < -0.3 is 9.80 Å². The van der Waals surface area contributed by atoms with E-state index >= 15 is 0 Å². The molecule has 5 nitrogen and oxygen atoms in total. The first-order valence-corrected chi connectivity index (χ1v) is 8.01. The lowest BCUT2D eigenvalue weighted by molar-refractivity contribution is -0.143. The number of carbonyl (C=O) groups is 1. The van der Waals surface area contributed by atoms with E-state index in [1.165, 1.54) is 0 Å². The molecule has 116 valence electrons. The van der Waals surface area contributed by atoms with Crippen molar-refractivity contribution in [2.24, 2.45) is 5.41 Å². The van der Waals surface area contributed by atoms with Crippen LogP contribution in [0.3, 0.4) is 0 Å². The molecular weight excluding hydrogens is 276 g/mol. The summed E-state index contributed by atoms with van der Waals surface area (Å²) >= 11 is 0. The van der Waals surface area contributed by atoms with Crippen LogP contribution in [0, 0.1) is 16.7 Å². The van der Waals surface area contributed by atoms with Gasteiger partial charge >= 0.3 is 0 Å². The molecule has 1 amide bonds. The smallest absolute Gasteiger partial charge is 0.243 e. The second kappa shape index (κ2) is 5.96. The van der Waals surface area contributed by atoms with Crippen LogP contribution in [-0.2, 0) is 4.79 Å². The summed E-state index contributed by atoms with van der Waals surface area (Å²) in [6.07, 6.45) is 6.24. The van der Waals surface area contributed by atoms with E-state index in [0.717, 1.165) is 38.2 Å². The van der Waals surface area contributed by atoms with Crippen molar-refractivity contribution < 1.29 is 4.79 Å². The number of hydrogen-bond donors (Lipinski definition) is 0. The summed E-state index contributed by atoms with van der Waals surface area (Å²) in [5.41, 5.74) is -0.748. The number of hydrogen-bond acceptors (Lipinski definition) is 4. The van der Waals surface area contributed by atoms with E-state index in [0.29, 0.717) is 12.8 Å². The summed E-state index contributed by atoms with van der Waals surface area (Å²) in [4.78, 5) is 21.1. The summed E-state index contributed by atoms with van der Waals surface area (Å²) in [5.74, 6) is 0.973. The number of amides is 1. The molecule has 0 N–H and O–H groups in total. The van der Waals surface area contributed by atoms with Crippen molar-refractivity contribution in [3.05, 3.63) is 24.4 Å². The molecule has 5 heteroatoms. The SMILES string of the molecule is CN(C(=O)C1(C#N)CCC1)C1CCCN(c2ccccn2)C1. The molecular formula is C17H22N4O. The van der Waals surface area contributed by atoms with Gasteiger partial charge in [-0.2, -0.15) is 5.26 Å². The zero-order valence-corrected chi connectivity index (χ0v) is 13.0. The normalized spacial score (nSPS) is 23.3. The third kappa shape index (κ3) is 2.54. The van der Waals surface area contributed by atoms with Crippen molar-refractivity contribution >= 4 is 11.7 Å². The monoisotopic (exact) mass is 298 g/mol. The molecule has 0 radical (unpaired) electrons. The second-order valence-electron chi connectivity index (χ2n) is 6.39. The molecule has 0 bridgehead atoms. The first-order chi connectivity index (χ1) is 10.7. The fraction of sp³-hybridized carbons (Fsp3) is 0.588. The van der Waals surface area contributed by atoms with Gasteiger partial charge in [0.1, 0.15) is 11.2 Å². The molecule has 1 atom stereocenters. The first-order valence-electron chi connectivity index (χ1n) is 8.01. The van der Waals surface area contributed by atoms with Crippen LogP contribution in [0.15, 0.2) is 24.4 Å². The van der Waals surface area contributed by atoms with Crippen LogP contribution in [0.5, 0.6) is 0 Å². The Hall–Kier alpha value is -2.09. The zero-order valence-electron chi connectivity index (χ0n) is 13.0. The molecule has 2 fully saturated rings. The standard InChI is InChI=1S/C17H22N4O/c1-20(16(22)17(13-18)8-5-9-17)14-6-4-11-21(12-14)15-7-2-3-10-19-15/h2-3,7,10,14H,4-6,8-9,11-12H2,1H3. The van der Waals surface area contributed by atoms with Crippen LogP contribution in [0.25, 0.3) is 0 Å². The Morgan fingerprint density at radius 2 is 2.27 bits per heavy atom. The minimum atomic E-state index is -0.748. The molecule has 1 aliphatic heterocycles. The molecule has 22 heavy (non-hydrogen) atoms. The van der Waals surface area contributed by atoms with Crippen molar-refractivity contribution in [2.45, 2.75) is 38.1 Å². The molecule has 1 aromatic rings. The average molecular weight is 298 g/mol. The summed E-state index contributed by atoms with van der Waals surface area (Å²) in [5, 5.41) is 9.37. The van der Waals surface area contributed by atoms with Crippen LogP contribution in [0.1, 0.15) is 32.1 Å². The van der Waals surface area contributed by atoms with Crippen LogP contribution in [0.4, 0.5) is 5.82 Å². The quantitative estimate of drug-likeness (QED) is 0.858. The van der Waals surface area contributed by atoms with E-state index in [1.54, 1.807) is 6.20 Å². The Bertz CT molecular complexity index is 576. The highest BCUT2D eigenvalue weighted by Gasteiger charge is 2.47. The van der Waals surface area contributed by atoms with E-state index in [1.807, 2.05) is 30.1 Å². The molecule has 1 aliphatic carbocycles. The maximum Gasteiger partial charge on any atom is 0.243 e. The molecule has 1 aromatic heterocycles. The number of piperidine rings is 1. The topological polar surface area (TPSA) is 60.2 Å². The Morgan fingerprint density at radius 1 is 1.45 bits per heavy atom. The summed E-state index contributed by atoms with van der Waals surface area (Å²) in [6.45, 7) is 1.76. The third-order valence-electron chi connectivity index (χ3n) is 5.07. The number of likely N-dealkylation sites (N-methyl/N-ethyl adjacent to an activating group) is 1. The number of carbonyl (C=O) groups excluding carboxylic acids is 1.